The zero-order valence-electron chi connectivity index (χ0n) is 18.9. The maximum Gasteiger partial charge on any atom is 0.240 e. The van der Waals surface area contributed by atoms with E-state index < -0.39 is 23.9 Å². The number of Topliss-reactive ketones (excluding diaryl/α,β-unsaturated/α-hetero) is 1. The van der Waals surface area contributed by atoms with Crippen molar-refractivity contribution in [3.63, 3.8) is 0 Å². The molecule has 0 N–H and O–H groups in total. The van der Waals surface area contributed by atoms with Crippen molar-refractivity contribution in [1.29, 1.82) is 0 Å². The molecule has 3 aliphatic rings. The maximum absolute atomic E-state index is 13.9. The van der Waals surface area contributed by atoms with E-state index in [2.05, 4.69) is 0 Å². The number of anilines is 1. The standard InChI is InChI=1S/C28H23N3O3/c1-16-12-14-18(15-13-16)26(32)25-23-22(27(33)30(28(23)34)19-8-4-3-5-9-19)24-21-11-7-6-10-20(21)17(2)29-31(24)25/h3-15,22-25H,1-2H3/t22-,23+,24-,25+/m0/s1. The molecule has 168 valence electrons. The van der Waals surface area contributed by atoms with Gasteiger partial charge in [0.25, 0.3) is 0 Å². The second-order valence-corrected chi connectivity index (χ2v) is 9.17. The summed E-state index contributed by atoms with van der Waals surface area (Å²) in [6, 6.07) is 22.8. The highest BCUT2D eigenvalue weighted by Gasteiger charge is 2.65. The van der Waals surface area contributed by atoms with Crippen molar-refractivity contribution in [1.82, 2.24) is 5.01 Å². The number of imide groups is 1. The van der Waals surface area contributed by atoms with Crippen molar-refractivity contribution < 1.29 is 14.4 Å². The molecule has 6 rings (SSSR count). The van der Waals surface area contributed by atoms with Crippen molar-refractivity contribution in [2.45, 2.75) is 25.9 Å². The third kappa shape index (κ3) is 2.81. The van der Waals surface area contributed by atoms with Gasteiger partial charge in [0.1, 0.15) is 6.04 Å². The summed E-state index contributed by atoms with van der Waals surface area (Å²) < 4.78 is 0. The Morgan fingerprint density at radius 2 is 1.44 bits per heavy atom. The molecule has 0 bridgehead atoms. The van der Waals surface area contributed by atoms with E-state index in [4.69, 9.17) is 5.10 Å². The van der Waals surface area contributed by atoms with Gasteiger partial charge in [0.15, 0.2) is 5.78 Å². The monoisotopic (exact) mass is 449 g/mol. The Balaban J connectivity index is 1.52. The highest BCUT2D eigenvalue weighted by molar-refractivity contribution is 6.24. The minimum atomic E-state index is -0.855. The number of amides is 2. The van der Waals surface area contributed by atoms with Crippen LogP contribution in [0, 0.1) is 18.8 Å². The molecule has 3 aliphatic heterocycles. The number of rotatable bonds is 3. The van der Waals surface area contributed by atoms with Crippen LogP contribution in [0.4, 0.5) is 5.69 Å². The molecule has 34 heavy (non-hydrogen) atoms. The fraction of sp³-hybridized carbons (Fsp3) is 0.214. The first-order valence-electron chi connectivity index (χ1n) is 11.4. The fourth-order valence-corrected chi connectivity index (χ4v) is 5.65. The summed E-state index contributed by atoms with van der Waals surface area (Å²) in [5, 5.41) is 6.52. The third-order valence-corrected chi connectivity index (χ3v) is 7.20. The van der Waals surface area contributed by atoms with Crippen LogP contribution in [0.3, 0.4) is 0 Å². The number of para-hydroxylation sites is 1. The molecule has 3 aromatic rings. The molecule has 0 saturated carbocycles. The van der Waals surface area contributed by atoms with E-state index in [0.29, 0.717) is 11.3 Å². The van der Waals surface area contributed by atoms with Gasteiger partial charge in [0.05, 0.1) is 29.3 Å². The van der Waals surface area contributed by atoms with Crippen LogP contribution in [0.5, 0.6) is 0 Å². The highest BCUT2D eigenvalue weighted by Crippen LogP contribution is 2.53. The molecule has 3 aromatic carbocycles. The van der Waals surface area contributed by atoms with Crippen LogP contribution in [-0.2, 0) is 9.59 Å². The minimum Gasteiger partial charge on any atom is -0.292 e. The van der Waals surface area contributed by atoms with Crippen molar-refractivity contribution >= 4 is 29.0 Å². The summed E-state index contributed by atoms with van der Waals surface area (Å²) >= 11 is 0. The Hall–Kier alpha value is -4.06. The number of nitrogens with zero attached hydrogens (tertiary/aromatic N) is 3. The van der Waals surface area contributed by atoms with Gasteiger partial charge in [-0.2, -0.15) is 5.10 Å². The number of ketones is 1. The summed E-state index contributed by atoms with van der Waals surface area (Å²) in [6.07, 6.45) is 0. The topological polar surface area (TPSA) is 70.1 Å². The largest absolute Gasteiger partial charge is 0.292 e. The first-order chi connectivity index (χ1) is 16.5. The van der Waals surface area contributed by atoms with Gasteiger partial charge in [-0.15, -0.1) is 0 Å². The smallest absolute Gasteiger partial charge is 0.240 e. The summed E-state index contributed by atoms with van der Waals surface area (Å²) in [6.45, 7) is 3.86. The number of fused-ring (bicyclic) bond motifs is 5. The van der Waals surface area contributed by atoms with Gasteiger partial charge in [-0.3, -0.25) is 19.4 Å². The van der Waals surface area contributed by atoms with E-state index in [9.17, 15) is 14.4 Å². The second-order valence-electron chi connectivity index (χ2n) is 9.17. The number of benzene rings is 3. The van der Waals surface area contributed by atoms with Crippen molar-refractivity contribution in [3.05, 3.63) is 101 Å². The lowest BCUT2D eigenvalue weighted by atomic mass is 9.83. The average molecular weight is 450 g/mol. The van der Waals surface area contributed by atoms with Crippen molar-refractivity contribution in [2.75, 3.05) is 4.90 Å². The highest BCUT2D eigenvalue weighted by atomic mass is 16.2. The zero-order chi connectivity index (χ0) is 23.6. The summed E-state index contributed by atoms with van der Waals surface area (Å²) in [4.78, 5) is 42.8. The summed E-state index contributed by atoms with van der Waals surface area (Å²) in [7, 11) is 0. The van der Waals surface area contributed by atoms with E-state index in [1.807, 2.05) is 56.3 Å². The SMILES string of the molecule is CC1=NN2[C@@H](C(=O)c3ccc(C)cc3)[C@@H]3C(=O)N(c4ccccc4)C(=O)[C@@H]3[C@@H]2c2ccccc21. The van der Waals surface area contributed by atoms with E-state index in [-0.39, 0.29) is 17.6 Å². The maximum atomic E-state index is 13.9. The number of hydrogen-bond donors (Lipinski definition) is 0. The molecule has 0 unspecified atom stereocenters. The van der Waals surface area contributed by atoms with Gasteiger partial charge in [0, 0.05) is 11.1 Å². The fourth-order valence-electron chi connectivity index (χ4n) is 5.65. The van der Waals surface area contributed by atoms with Gasteiger partial charge in [-0.25, -0.2) is 4.90 Å². The number of aryl methyl sites for hydroxylation is 1. The Bertz CT molecular complexity index is 1360. The predicted octanol–water partition coefficient (Wildman–Crippen LogP) is 4.15. The van der Waals surface area contributed by atoms with Crippen LogP contribution in [0.2, 0.25) is 0 Å². The molecule has 0 spiro atoms. The minimum absolute atomic E-state index is 0.190. The number of carbonyl (C=O) groups is 3. The molecule has 0 radical (unpaired) electrons. The molecular formula is C28H23N3O3. The zero-order valence-corrected chi connectivity index (χ0v) is 18.9. The number of hydrazone groups is 1. The predicted molar refractivity (Wildman–Crippen MR) is 128 cm³/mol. The van der Waals surface area contributed by atoms with Gasteiger partial charge in [-0.1, -0.05) is 72.3 Å². The molecule has 2 fully saturated rings. The summed E-state index contributed by atoms with van der Waals surface area (Å²) in [5.41, 5.74) is 4.74. The Kier molecular flexibility index (Phi) is 4.52. The van der Waals surface area contributed by atoms with Crippen LogP contribution in [0.15, 0.2) is 84.0 Å². The van der Waals surface area contributed by atoms with Crippen LogP contribution in [0.1, 0.15) is 40.0 Å². The molecule has 4 atom stereocenters. The average Bonchev–Trinajstić information content (AvgIpc) is 3.32. The van der Waals surface area contributed by atoms with Crippen molar-refractivity contribution in [2.24, 2.45) is 16.9 Å². The van der Waals surface area contributed by atoms with Crippen LogP contribution < -0.4 is 4.90 Å². The van der Waals surface area contributed by atoms with Crippen LogP contribution in [-0.4, -0.2) is 34.4 Å². The Morgan fingerprint density at radius 3 is 2.18 bits per heavy atom. The molecule has 2 amide bonds. The van der Waals surface area contributed by atoms with Gasteiger partial charge in [0.2, 0.25) is 11.8 Å². The Morgan fingerprint density at radius 1 is 0.794 bits per heavy atom. The molecule has 2 saturated heterocycles. The molecule has 0 aliphatic carbocycles. The lowest BCUT2D eigenvalue weighted by Crippen LogP contribution is -2.45. The molecule has 6 nitrogen and oxygen atoms in total. The third-order valence-electron chi connectivity index (χ3n) is 7.20. The first kappa shape index (κ1) is 20.5. The Labute approximate surface area is 197 Å². The quantitative estimate of drug-likeness (QED) is 0.445. The van der Waals surface area contributed by atoms with Crippen LogP contribution in [0.25, 0.3) is 0 Å². The molecule has 3 heterocycles. The molecule has 0 aromatic heterocycles. The first-order valence-corrected chi connectivity index (χ1v) is 11.4. The number of hydrogen-bond acceptors (Lipinski definition) is 5. The van der Waals surface area contributed by atoms with Crippen molar-refractivity contribution in [3.8, 4) is 0 Å². The van der Waals surface area contributed by atoms with Crippen LogP contribution >= 0.6 is 0 Å². The van der Waals surface area contributed by atoms with Gasteiger partial charge in [-0.05, 0) is 31.5 Å². The van der Waals surface area contributed by atoms with Gasteiger partial charge < -0.3 is 0 Å². The number of carbonyl (C=O) groups excluding carboxylic acids is 3. The lowest BCUT2D eigenvalue weighted by Gasteiger charge is -2.35. The molecular weight excluding hydrogens is 426 g/mol. The van der Waals surface area contributed by atoms with E-state index in [1.165, 1.54) is 4.90 Å². The lowest BCUT2D eigenvalue weighted by molar-refractivity contribution is -0.124. The normalized spacial score (nSPS) is 25.1. The van der Waals surface area contributed by atoms with E-state index >= 15 is 0 Å². The van der Waals surface area contributed by atoms with E-state index in [0.717, 1.165) is 22.4 Å². The van der Waals surface area contributed by atoms with E-state index in [1.54, 1.807) is 41.4 Å². The molecule has 6 heteroatoms. The van der Waals surface area contributed by atoms with Gasteiger partial charge >= 0.3 is 0 Å². The second kappa shape index (κ2) is 7.48. The summed E-state index contributed by atoms with van der Waals surface area (Å²) in [5.74, 6) is -2.31.